The minimum Gasteiger partial charge on any atom is -0.496 e. The second-order valence-corrected chi connectivity index (χ2v) is 5.63. The lowest BCUT2D eigenvalue weighted by atomic mass is 10.1. The van der Waals surface area contributed by atoms with Crippen LogP contribution in [0.2, 0.25) is 0 Å². The molecule has 0 saturated heterocycles. The number of guanidine groups is 1. The molecule has 0 radical (unpaired) electrons. The van der Waals surface area contributed by atoms with Gasteiger partial charge in [-0.15, -0.1) is 0 Å². The molecule has 2 rings (SSSR count). The molecule has 0 aliphatic rings. The summed E-state index contributed by atoms with van der Waals surface area (Å²) >= 11 is 0. The van der Waals surface area contributed by atoms with Crippen LogP contribution in [0.3, 0.4) is 0 Å². The predicted molar refractivity (Wildman–Crippen MR) is 97.6 cm³/mol. The van der Waals surface area contributed by atoms with E-state index in [0.29, 0.717) is 0 Å². The Morgan fingerprint density at radius 1 is 1.29 bits per heavy atom. The van der Waals surface area contributed by atoms with E-state index in [2.05, 4.69) is 50.3 Å². The Balaban J connectivity index is 1.67. The maximum Gasteiger partial charge on any atom is 0.190 e. The first-order valence-corrected chi connectivity index (χ1v) is 8.26. The first kappa shape index (κ1) is 17.8. The van der Waals surface area contributed by atoms with Crippen LogP contribution in [0.4, 0.5) is 0 Å². The van der Waals surface area contributed by atoms with E-state index in [1.165, 1.54) is 5.56 Å². The number of nitrogens with one attached hydrogen (secondary N) is 2. The van der Waals surface area contributed by atoms with Gasteiger partial charge in [0.05, 0.1) is 13.4 Å². The van der Waals surface area contributed by atoms with Crippen LogP contribution in [0.1, 0.15) is 17.5 Å². The molecule has 0 aliphatic heterocycles. The second kappa shape index (κ2) is 9.60. The molecule has 130 valence electrons. The number of methoxy groups -OCH3 is 1. The molecule has 1 aromatic carbocycles. The van der Waals surface area contributed by atoms with Crippen LogP contribution in [-0.2, 0) is 13.0 Å². The summed E-state index contributed by atoms with van der Waals surface area (Å²) in [6, 6.07) is 6.33. The number of ether oxygens (including phenoxy) is 1. The molecular weight excluding hydrogens is 302 g/mol. The van der Waals surface area contributed by atoms with Gasteiger partial charge in [-0.2, -0.15) is 0 Å². The van der Waals surface area contributed by atoms with Crippen molar-refractivity contribution >= 4 is 5.96 Å². The van der Waals surface area contributed by atoms with Gasteiger partial charge in [-0.3, -0.25) is 4.99 Å². The van der Waals surface area contributed by atoms with Crippen LogP contribution in [0.15, 0.2) is 41.9 Å². The Hall–Kier alpha value is -2.50. The van der Waals surface area contributed by atoms with Gasteiger partial charge in [-0.1, -0.05) is 12.1 Å². The standard InChI is InChI=1S/C18H27N5O/c1-15-5-6-16(13-17(15)24-3)7-9-22-18(19-2)21-8-4-11-23-12-10-20-14-23/h5-6,10,12-14H,4,7-9,11H2,1-3H3,(H2,19,21,22). The lowest BCUT2D eigenvalue weighted by Gasteiger charge is -2.12. The lowest BCUT2D eigenvalue weighted by molar-refractivity contribution is 0.411. The van der Waals surface area contributed by atoms with Crippen molar-refractivity contribution in [2.45, 2.75) is 26.3 Å². The van der Waals surface area contributed by atoms with Gasteiger partial charge in [0.15, 0.2) is 5.96 Å². The fourth-order valence-electron chi connectivity index (χ4n) is 2.45. The molecule has 0 saturated carbocycles. The average molecular weight is 329 g/mol. The SMILES string of the molecule is CN=C(NCCCn1ccnc1)NCCc1ccc(C)c(OC)c1. The van der Waals surface area contributed by atoms with Gasteiger partial charge < -0.3 is 19.9 Å². The Kier molecular flexibility index (Phi) is 7.14. The fourth-order valence-corrected chi connectivity index (χ4v) is 2.45. The molecule has 0 aliphatic carbocycles. The summed E-state index contributed by atoms with van der Waals surface area (Å²) in [5.41, 5.74) is 2.41. The number of aromatic nitrogens is 2. The Morgan fingerprint density at radius 3 is 2.83 bits per heavy atom. The molecular formula is C18H27N5O. The van der Waals surface area contributed by atoms with Crippen LogP contribution in [0, 0.1) is 6.92 Å². The van der Waals surface area contributed by atoms with Gasteiger partial charge in [0, 0.05) is 39.1 Å². The van der Waals surface area contributed by atoms with E-state index in [4.69, 9.17) is 4.74 Å². The van der Waals surface area contributed by atoms with E-state index in [-0.39, 0.29) is 0 Å². The number of imidazole rings is 1. The topological polar surface area (TPSA) is 63.5 Å². The molecule has 6 nitrogen and oxygen atoms in total. The molecule has 0 atom stereocenters. The van der Waals surface area contributed by atoms with Crippen LogP contribution >= 0.6 is 0 Å². The summed E-state index contributed by atoms with van der Waals surface area (Å²) in [7, 11) is 3.50. The minimum atomic E-state index is 0.827. The molecule has 1 heterocycles. The molecule has 2 aromatic rings. The average Bonchev–Trinajstić information content (AvgIpc) is 3.11. The zero-order chi connectivity index (χ0) is 17.2. The van der Waals surface area contributed by atoms with Crippen molar-refractivity contribution in [3.05, 3.63) is 48.0 Å². The van der Waals surface area contributed by atoms with Gasteiger partial charge >= 0.3 is 0 Å². The van der Waals surface area contributed by atoms with Gasteiger partial charge in [-0.05, 0) is 37.0 Å². The highest BCUT2D eigenvalue weighted by Crippen LogP contribution is 2.18. The summed E-state index contributed by atoms with van der Waals surface area (Å²) < 4.78 is 7.44. The van der Waals surface area contributed by atoms with Crippen molar-refractivity contribution in [2.75, 3.05) is 27.2 Å². The molecule has 0 fully saturated rings. The molecule has 1 aromatic heterocycles. The number of benzene rings is 1. The fraction of sp³-hybridized carbons (Fsp3) is 0.444. The first-order chi connectivity index (χ1) is 11.7. The van der Waals surface area contributed by atoms with Crippen molar-refractivity contribution < 1.29 is 4.74 Å². The third-order valence-electron chi connectivity index (χ3n) is 3.85. The highest BCUT2D eigenvalue weighted by Gasteiger charge is 2.02. The van der Waals surface area contributed by atoms with Crippen molar-refractivity contribution in [1.29, 1.82) is 0 Å². The molecule has 0 amide bonds. The largest absolute Gasteiger partial charge is 0.496 e. The Morgan fingerprint density at radius 2 is 2.12 bits per heavy atom. The number of hydrogen-bond donors (Lipinski definition) is 2. The quantitative estimate of drug-likeness (QED) is 0.442. The van der Waals surface area contributed by atoms with Crippen LogP contribution in [-0.4, -0.2) is 42.8 Å². The van der Waals surface area contributed by atoms with Crippen LogP contribution in [0.25, 0.3) is 0 Å². The number of hydrogen-bond acceptors (Lipinski definition) is 3. The Bertz CT molecular complexity index is 637. The third-order valence-corrected chi connectivity index (χ3v) is 3.85. The zero-order valence-electron chi connectivity index (χ0n) is 14.7. The van der Waals surface area contributed by atoms with Crippen LogP contribution in [0.5, 0.6) is 5.75 Å². The smallest absolute Gasteiger partial charge is 0.190 e. The van der Waals surface area contributed by atoms with Gasteiger partial charge in [-0.25, -0.2) is 4.98 Å². The van der Waals surface area contributed by atoms with Gasteiger partial charge in [0.1, 0.15) is 5.75 Å². The minimum absolute atomic E-state index is 0.827. The van der Waals surface area contributed by atoms with Crippen molar-refractivity contribution in [1.82, 2.24) is 20.2 Å². The number of rotatable bonds is 8. The van der Waals surface area contributed by atoms with Crippen molar-refractivity contribution in [2.24, 2.45) is 4.99 Å². The van der Waals surface area contributed by atoms with E-state index >= 15 is 0 Å². The number of nitrogens with zero attached hydrogens (tertiary/aromatic N) is 3. The molecule has 6 heteroatoms. The third kappa shape index (κ3) is 5.61. The van der Waals surface area contributed by atoms with Crippen molar-refractivity contribution in [3.8, 4) is 5.75 Å². The summed E-state index contributed by atoms with van der Waals surface area (Å²) in [6.45, 7) is 4.70. The van der Waals surface area contributed by atoms with Crippen LogP contribution < -0.4 is 15.4 Å². The maximum absolute atomic E-state index is 5.37. The second-order valence-electron chi connectivity index (χ2n) is 5.63. The van der Waals surface area contributed by atoms with Gasteiger partial charge in [0.2, 0.25) is 0 Å². The first-order valence-electron chi connectivity index (χ1n) is 8.26. The summed E-state index contributed by atoms with van der Waals surface area (Å²) in [4.78, 5) is 8.29. The summed E-state index contributed by atoms with van der Waals surface area (Å²) in [6.07, 6.45) is 7.55. The summed E-state index contributed by atoms with van der Waals surface area (Å²) in [5, 5.41) is 6.67. The molecule has 0 unspecified atom stereocenters. The number of aliphatic imine (C=N–C) groups is 1. The van der Waals surface area contributed by atoms with E-state index in [1.807, 2.05) is 12.5 Å². The maximum atomic E-state index is 5.37. The molecule has 24 heavy (non-hydrogen) atoms. The highest BCUT2D eigenvalue weighted by molar-refractivity contribution is 5.79. The summed E-state index contributed by atoms with van der Waals surface area (Å²) in [5.74, 6) is 1.77. The van der Waals surface area contributed by atoms with E-state index in [0.717, 1.165) is 49.7 Å². The van der Waals surface area contributed by atoms with Crippen molar-refractivity contribution in [3.63, 3.8) is 0 Å². The van der Waals surface area contributed by atoms with E-state index in [9.17, 15) is 0 Å². The number of aryl methyl sites for hydroxylation is 2. The molecule has 0 bridgehead atoms. The lowest BCUT2D eigenvalue weighted by Crippen LogP contribution is -2.38. The van der Waals surface area contributed by atoms with E-state index in [1.54, 1.807) is 20.4 Å². The van der Waals surface area contributed by atoms with Gasteiger partial charge in [0.25, 0.3) is 0 Å². The van der Waals surface area contributed by atoms with E-state index < -0.39 is 0 Å². The predicted octanol–water partition coefficient (Wildman–Crippen LogP) is 2.00. The normalized spacial score (nSPS) is 11.4. The molecule has 2 N–H and O–H groups in total. The zero-order valence-corrected chi connectivity index (χ0v) is 14.7. The highest BCUT2D eigenvalue weighted by atomic mass is 16.5. The molecule has 0 spiro atoms. The monoisotopic (exact) mass is 329 g/mol. The Labute approximate surface area is 144 Å².